The number of halogens is 2. The number of aliphatic carboxylic acids is 1. The van der Waals surface area contributed by atoms with E-state index in [-0.39, 0.29) is 24.4 Å². The van der Waals surface area contributed by atoms with Gasteiger partial charge < -0.3 is 10.0 Å². The van der Waals surface area contributed by atoms with Gasteiger partial charge in [-0.15, -0.1) is 0 Å². The smallest absolute Gasteiger partial charge is 0.308 e. The molecule has 1 aliphatic rings. The zero-order chi connectivity index (χ0) is 14.0. The maximum Gasteiger partial charge on any atom is 0.308 e. The molecular formula is C13H13F2NO3. The first-order valence-electron chi connectivity index (χ1n) is 5.92. The summed E-state index contributed by atoms with van der Waals surface area (Å²) in [5.41, 5.74) is 0.116. The number of hydrogen-bond donors (Lipinski definition) is 1. The zero-order valence-corrected chi connectivity index (χ0v) is 10.1. The highest BCUT2D eigenvalue weighted by Crippen LogP contribution is 2.18. The Labute approximate surface area is 108 Å². The van der Waals surface area contributed by atoms with Crippen molar-refractivity contribution < 1.29 is 23.5 Å². The lowest BCUT2D eigenvalue weighted by molar-refractivity contribution is -0.141. The van der Waals surface area contributed by atoms with Crippen LogP contribution >= 0.6 is 0 Å². The second kappa shape index (κ2) is 5.34. The molecule has 0 aliphatic carbocycles. The molecule has 1 N–H and O–H groups in total. The minimum Gasteiger partial charge on any atom is -0.481 e. The third-order valence-electron chi connectivity index (χ3n) is 3.25. The van der Waals surface area contributed by atoms with Gasteiger partial charge >= 0.3 is 5.97 Å². The van der Waals surface area contributed by atoms with E-state index in [0.717, 1.165) is 12.1 Å². The Morgan fingerprint density at radius 1 is 1.37 bits per heavy atom. The van der Waals surface area contributed by atoms with Crippen LogP contribution in [-0.4, -0.2) is 35.0 Å². The van der Waals surface area contributed by atoms with E-state index in [4.69, 9.17) is 5.11 Å². The third-order valence-corrected chi connectivity index (χ3v) is 3.25. The minimum absolute atomic E-state index is 0.116. The molecule has 0 bridgehead atoms. The molecule has 0 saturated carbocycles. The molecule has 4 nitrogen and oxygen atoms in total. The number of hydrogen-bond acceptors (Lipinski definition) is 2. The molecule has 0 radical (unpaired) electrons. The van der Waals surface area contributed by atoms with E-state index in [1.165, 1.54) is 11.0 Å². The fourth-order valence-corrected chi connectivity index (χ4v) is 2.13. The van der Waals surface area contributed by atoms with Crippen molar-refractivity contribution >= 4 is 11.9 Å². The van der Waals surface area contributed by atoms with Crippen molar-refractivity contribution in [1.82, 2.24) is 4.90 Å². The number of rotatable bonds is 3. The minimum atomic E-state index is -0.928. The highest BCUT2D eigenvalue weighted by atomic mass is 19.1. The van der Waals surface area contributed by atoms with Crippen molar-refractivity contribution in [2.75, 3.05) is 13.1 Å². The second-order valence-electron chi connectivity index (χ2n) is 4.58. The maximum absolute atomic E-state index is 13.4. The largest absolute Gasteiger partial charge is 0.481 e. The summed E-state index contributed by atoms with van der Waals surface area (Å²) in [4.78, 5) is 24.1. The fraction of sp³-hybridized carbons (Fsp3) is 0.385. The lowest BCUT2D eigenvalue weighted by atomic mass is 10.1. The van der Waals surface area contributed by atoms with Crippen LogP contribution in [0.3, 0.4) is 0 Å². The Morgan fingerprint density at radius 3 is 2.68 bits per heavy atom. The zero-order valence-electron chi connectivity index (χ0n) is 10.1. The van der Waals surface area contributed by atoms with Gasteiger partial charge in [-0.3, -0.25) is 9.59 Å². The Balaban J connectivity index is 2.00. The Hall–Kier alpha value is -1.98. The van der Waals surface area contributed by atoms with Crippen LogP contribution in [0.1, 0.15) is 12.0 Å². The molecule has 1 aromatic rings. The van der Waals surface area contributed by atoms with Gasteiger partial charge in [0.05, 0.1) is 12.3 Å². The molecule has 6 heteroatoms. The third kappa shape index (κ3) is 3.07. The van der Waals surface area contributed by atoms with Gasteiger partial charge in [0.2, 0.25) is 5.91 Å². The van der Waals surface area contributed by atoms with Crippen LogP contribution in [0.2, 0.25) is 0 Å². The van der Waals surface area contributed by atoms with E-state index in [9.17, 15) is 18.4 Å². The molecular weight excluding hydrogens is 256 g/mol. The topological polar surface area (TPSA) is 57.6 Å². The van der Waals surface area contributed by atoms with Gasteiger partial charge in [-0.25, -0.2) is 8.78 Å². The predicted octanol–water partition coefficient (Wildman–Crippen LogP) is 1.44. The number of amides is 1. The lowest BCUT2D eigenvalue weighted by Crippen LogP contribution is -2.31. The van der Waals surface area contributed by atoms with E-state index < -0.39 is 23.5 Å². The van der Waals surface area contributed by atoms with Gasteiger partial charge in [0.1, 0.15) is 11.6 Å². The summed E-state index contributed by atoms with van der Waals surface area (Å²) in [6.45, 7) is 0.510. The van der Waals surface area contributed by atoms with Crippen LogP contribution in [0.15, 0.2) is 18.2 Å². The fourth-order valence-electron chi connectivity index (χ4n) is 2.13. The van der Waals surface area contributed by atoms with E-state index >= 15 is 0 Å². The predicted molar refractivity (Wildman–Crippen MR) is 62.4 cm³/mol. The molecule has 1 aliphatic heterocycles. The van der Waals surface area contributed by atoms with Gasteiger partial charge in [0.15, 0.2) is 0 Å². The quantitative estimate of drug-likeness (QED) is 0.903. The Kier molecular flexibility index (Phi) is 3.78. The van der Waals surface area contributed by atoms with Gasteiger partial charge in [-0.1, -0.05) is 6.07 Å². The average molecular weight is 269 g/mol. The number of carbonyl (C=O) groups excluding carboxylic acids is 1. The Bertz CT molecular complexity index is 519. The first-order chi connectivity index (χ1) is 8.97. The van der Waals surface area contributed by atoms with Gasteiger partial charge in [0, 0.05) is 19.2 Å². The summed E-state index contributed by atoms with van der Waals surface area (Å²) in [7, 11) is 0. The normalized spacial score (nSPS) is 18.6. The monoisotopic (exact) mass is 269 g/mol. The summed E-state index contributed by atoms with van der Waals surface area (Å²) in [6, 6.07) is 3.05. The second-order valence-corrected chi connectivity index (χ2v) is 4.58. The van der Waals surface area contributed by atoms with Gasteiger partial charge in [0.25, 0.3) is 0 Å². The van der Waals surface area contributed by atoms with Crippen molar-refractivity contribution in [1.29, 1.82) is 0 Å². The van der Waals surface area contributed by atoms with Gasteiger partial charge in [-0.2, -0.15) is 0 Å². The number of likely N-dealkylation sites (tertiary alicyclic amines) is 1. The molecule has 1 aromatic carbocycles. The number of benzene rings is 1. The van der Waals surface area contributed by atoms with Crippen LogP contribution in [0.4, 0.5) is 8.78 Å². The molecule has 1 heterocycles. The highest BCUT2D eigenvalue weighted by Gasteiger charge is 2.30. The molecule has 1 fully saturated rings. The van der Waals surface area contributed by atoms with Crippen LogP contribution < -0.4 is 0 Å². The number of carbonyl (C=O) groups is 2. The first kappa shape index (κ1) is 13.5. The van der Waals surface area contributed by atoms with E-state index in [1.54, 1.807) is 0 Å². The molecule has 0 aromatic heterocycles. The highest BCUT2D eigenvalue weighted by molar-refractivity contribution is 5.80. The van der Waals surface area contributed by atoms with Crippen molar-refractivity contribution in [2.24, 2.45) is 5.92 Å². The van der Waals surface area contributed by atoms with Crippen molar-refractivity contribution in [3.05, 3.63) is 35.4 Å². The SMILES string of the molecule is O=C(O)C1CCN(C(=O)Cc2ccc(F)cc2F)C1. The van der Waals surface area contributed by atoms with E-state index in [0.29, 0.717) is 13.0 Å². The summed E-state index contributed by atoms with van der Waals surface area (Å²) >= 11 is 0. The van der Waals surface area contributed by atoms with Crippen molar-refractivity contribution in [3.8, 4) is 0 Å². The molecule has 1 saturated heterocycles. The van der Waals surface area contributed by atoms with E-state index in [2.05, 4.69) is 0 Å². The van der Waals surface area contributed by atoms with Crippen molar-refractivity contribution in [3.63, 3.8) is 0 Å². The van der Waals surface area contributed by atoms with Crippen LogP contribution in [0.5, 0.6) is 0 Å². The van der Waals surface area contributed by atoms with E-state index in [1.807, 2.05) is 0 Å². The molecule has 1 unspecified atom stereocenters. The summed E-state index contributed by atoms with van der Waals surface area (Å²) in [5.74, 6) is -3.28. The van der Waals surface area contributed by atoms with Gasteiger partial charge in [-0.05, 0) is 18.1 Å². The summed E-state index contributed by atoms with van der Waals surface area (Å²) < 4.78 is 26.1. The molecule has 0 spiro atoms. The number of carboxylic acid groups (broad SMARTS) is 1. The number of nitrogens with zero attached hydrogens (tertiary/aromatic N) is 1. The summed E-state index contributed by atoms with van der Waals surface area (Å²) in [6.07, 6.45) is 0.228. The average Bonchev–Trinajstić information content (AvgIpc) is 2.82. The standard InChI is InChI=1S/C13H13F2NO3/c14-10-2-1-8(11(15)6-10)5-12(17)16-4-3-9(7-16)13(18)19/h1-2,6,9H,3-5,7H2,(H,18,19). The van der Waals surface area contributed by atoms with Crippen LogP contribution in [-0.2, 0) is 16.0 Å². The first-order valence-corrected chi connectivity index (χ1v) is 5.92. The van der Waals surface area contributed by atoms with Crippen molar-refractivity contribution in [2.45, 2.75) is 12.8 Å². The molecule has 1 atom stereocenters. The molecule has 102 valence electrons. The number of carboxylic acids is 1. The molecule has 2 rings (SSSR count). The maximum atomic E-state index is 13.4. The Morgan fingerprint density at radius 2 is 2.11 bits per heavy atom. The van der Waals surface area contributed by atoms with Crippen LogP contribution in [0, 0.1) is 17.6 Å². The van der Waals surface area contributed by atoms with Crippen LogP contribution in [0.25, 0.3) is 0 Å². The molecule has 19 heavy (non-hydrogen) atoms. The summed E-state index contributed by atoms with van der Waals surface area (Å²) in [5, 5.41) is 8.84. The lowest BCUT2D eigenvalue weighted by Gasteiger charge is -2.16. The molecule has 1 amide bonds.